The summed E-state index contributed by atoms with van der Waals surface area (Å²) in [5.41, 5.74) is 0.644. The third-order valence-electron chi connectivity index (χ3n) is 13.6. The van der Waals surface area contributed by atoms with Crippen LogP contribution in [-0.4, -0.2) is 44.2 Å². The van der Waals surface area contributed by atoms with Crippen LogP contribution in [0.5, 0.6) is 0 Å². The highest BCUT2D eigenvalue weighted by Crippen LogP contribution is 2.93. The standard InChI is InChI=1S/C28H44O4.CH3F/c1-17(14-21(29)30-8)23(5)15-20-28(32-20)24(23,6)12-13-27-18(2)26(27)11-9-10-22(3,4)19(26)16-31-25(27,28)7;1-2/h17-20H,9-16H2,1-8H3;1H3/t17-,18-,19?,20?,23?,24?,25?,26?,27?,28?;/m1./s1. The number of carbonyl (C=O) groups excluding carboxylic acids is 1. The molecule has 2 saturated heterocycles. The maximum atomic E-state index is 12.2. The SMILES string of the molecule is CF.COC(=O)C[C@@H](C)C1(C)CC2OC23C1(C)CCC12[C@H](C)C14CCCC(C)(C)C4COC32C. The summed E-state index contributed by atoms with van der Waals surface area (Å²) in [5.74, 6) is 1.54. The topological polar surface area (TPSA) is 48.1 Å². The normalized spacial score (nSPS) is 56.2. The second kappa shape index (κ2) is 7.00. The van der Waals surface area contributed by atoms with Gasteiger partial charge in [0, 0.05) is 17.3 Å². The first-order valence-electron chi connectivity index (χ1n) is 13.6. The van der Waals surface area contributed by atoms with Gasteiger partial charge in [-0.3, -0.25) is 9.18 Å². The van der Waals surface area contributed by atoms with Crippen molar-refractivity contribution in [1.82, 2.24) is 0 Å². The predicted octanol–water partition coefficient (Wildman–Crippen LogP) is 6.36. The van der Waals surface area contributed by atoms with Gasteiger partial charge >= 0.3 is 5.97 Å². The first kappa shape index (κ1) is 25.0. The van der Waals surface area contributed by atoms with Gasteiger partial charge in [-0.1, -0.05) is 48.0 Å². The monoisotopic (exact) mass is 478 g/mol. The number of ether oxygens (including phenoxy) is 3. The minimum atomic E-state index is -0.232. The molecule has 10 atom stereocenters. The van der Waals surface area contributed by atoms with Crippen molar-refractivity contribution >= 4 is 5.97 Å². The Morgan fingerprint density at radius 2 is 1.76 bits per heavy atom. The lowest BCUT2D eigenvalue weighted by Gasteiger charge is -2.64. The fraction of sp³-hybridized carbons (Fsp3) is 0.966. The average molecular weight is 479 g/mol. The number of hydrogen-bond donors (Lipinski definition) is 0. The Bertz CT molecular complexity index is 889. The zero-order chi connectivity index (χ0) is 25.2. The van der Waals surface area contributed by atoms with Crippen LogP contribution in [-0.2, 0) is 19.0 Å². The highest BCUT2D eigenvalue weighted by Gasteiger charge is 2.97. The molecule has 5 heteroatoms. The lowest BCUT2D eigenvalue weighted by atomic mass is 9.44. The minimum Gasteiger partial charge on any atom is -0.469 e. The summed E-state index contributed by atoms with van der Waals surface area (Å²) in [6.07, 6.45) is 8.27. The van der Waals surface area contributed by atoms with E-state index in [0.29, 0.717) is 36.3 Å². The Morgan fingerprint density at radius 1 is 1.09 bits per heavy atom. The van der Waals surface area contributed by atoms with Crippen molar-refractivity contribution in [1.29, 1.82) is 0 Å². The van der Waals surface area contributed by atoms with Crippen LogP contribution < -0.4 is 0 Å². The van der Waals surface area contributed by atoms with E-state index >= 15 is 0 Å². The Labute approximate surface area is 206 Å². The van der Waals surface area contributed by atoms with E-state index in [1.165, 1.54) is 39.2 Å². The lowest BCUT2D eigenvalue weighted by Crippen LogP contribution is -2.70. The van der Waals surface area contributed by atoms with Crippen LogP contribution in [0.25, 0.3) is 0 Å². The number of rotatable bonds is 3. The fourth-order valence-corrected chi connectivity index (χ4v) is 11.6. The molecule has 3 spiro atoms. The molecule has 0 amide bonds. The van der Waals surface area contributed by atoms with Crippen molar-refractivity contribution in [2.75, 3.05) is 20.9 Å². The van der Waals surface area contributed by atoms with Gasteiger partial charge in [-0.2, -0.15) is 0 Å². The number of carbonyl (C=O) groups is 1. The zero-order valence-corrected chi connectivity index (χ0v) is 23.0. The lowest BCUT2D eigenvalue weighted by molar-refractivity contribution is -0.272. The number of alkyl halides is 1. The van der Waals surface area contributed by atoms with E-state index in [1.807, 2.05) is 0 Å². The van der Waals surface area contributed by atoms with Gasteiger partial charge in [0.15, 0.2) is 0 Å². The zero-order valence-electron chi connectivity index (χ0n) is 23.0. The number of methoxy groups -OCH3 is 1. The summed E-state index contributed by atoms with van der Waals surface area (Å²) in [7, 11) is 2.01. The minimum absolute atomic E-state index is 0.0125. The van der Waals surface area contributed by atoms with E-state index in [9.17, 15) is 9.18 Å². The second-order valence-corrected chi connectivity index (χ2v) is 13.9. The van der Waals surface area contributed by atoms with Gasteiger partial charge in [-0.15, -0.1) is 0 Å². The fourth-order valence-electron chi connectivity index (χ4n) is 11.6. The summed E-state index contributed by atoms with van der Waals surface area (Å²) in [5, 5.41) is 0. The van der Waals surface area contributed by atoms with Crippen LogP contribution in [0.4, 0.5) is 4.39 Å². The Balaban J connectivity index is 0.00000117. The molecule has 4 nitrogen and oxygen atoms in total. The van der Waals surface area contributed by atoms with Crippen LogP contribution in [0, 0.1) is 44.8 Å². The largest absolute Gasteiger partial charge is 0.469 e. The van der Waals surface area contributed by atoms with E-state index < -0.39 is 0 Å². The highest BCUT2D eigenvalue weighted by atomic mass is 19.1. The molecule has 2 heterocycles. The van der Waals surface area contributed by atoms with Gasteiger partial charge in [0.1, 0.15) is 11.2 Å². The third-order valence-corrected chi connectivity index (χ3v) is 13.6. The molecule has 194 valence electrons. The molecule has 0 bridgehead atoms. The van der Waals surface area contributed by atoms with E-state index in [1.54, 1.807) is 0 Å². The molecule has 0 aromatic carbocycles. The van der Waals surface area contributed by atoms with Crippen molar-refractivity contribution in [2.45, 2.75) is 111 Å². The third kappa shape index (κ3) is 2.24. The van der Waals surface area contributed by atoms with Crippen LogP contribution in [0.3, 0.4) is 0 Å². The molecule has 0 N–H and O–H groups in total. The molecular weight excluding hydrogens is 431 g/mol. The molecule has 4 aliphatic carbocycles. The molecule has 6 fully saturated rings. The average Bonchev–Trinajstić information content (AvgIpc) is 3.62. The summed E-state index contributed by atoms with van der Waals surface area (Å²) in [6, 6.07) is 0. The second-order valence-electron chi connectivity index (χ2n) is 13.9. The Kier molecular flexibility index (Phi) is 5.14. The van der Waals surface area contributed by atoms with Gasteiger partial charge in [-0.25, -0.2) is 0 Å². The number of hydrogen-bond acceptors (Lipinski definition) is 4. The van der Waals surface area contributed by atoms with E-state index in [4.69, 9.17) is 14.2 Å². The van der Waals surface area contributed by atoms with Crippen molar-refractivity contribution in [3.8, 4) is 0 Å². The van der Waals surface area contributed by atoms with Crippen molar-refractivity contribution in [3.05, 3.63) is 0 Å². The maximum Gasteiger partial charge on any atom is 0.305 e. The van der Waals surface area contributed by atoms with Gasteiger partial charge in [0.25, 0.3) is 0 Å². The summed E-state index contributed by atoms with van der Waals surface area (Å²) in [4.78, 5) is 12.2. The van der Waals surface area contributed by atoms with E-state index in [-0.39, 0.29) is 45.4 Å². The highest BCUT2D eigenvalue weighted by molar-refractivity contribution is 5.69. The molecule has 8 unspecified atom stereocenters. The summed E-state index contributed by atoms with van der Waals surface area (Å²) >= 11 is 0. The van der Waals surface area contributed by atoms with E-state index in [0.717, 1.165) is 13.0 Å². The molecule has 2 aliphatic heterocycles. The van der Waals surface area contributed by atoms with Gasteiger partial charge in [0.05, 0.1) is 27.0 Å². The van der Waals surface area contributed by atoms with Crippen LogP contribution >= 0.6 is 0 Å². The summed E-state index contributed by atoms with van der Waals surface area (Å²) < 4.78 is 28.5. The van der Waals surface area contributed by atoms with Crippen molar-refractivity contribution in [2.24, 2.45) is 44.8 Å². The number of halogens is 1. The molecule has 6 aliphatic rings. The van der Waals surface area contributed by atoms with Gasteiger partial charge in [-0.05, 0) is 73.0 Å². The number of esters is 1. The molecular formula is C29H47FO4. The molecule has 34 heavy (non-hydrogen) atoms. The first-order chi connectivity index (χ1) is 15.8. The van der Waals surface area contributed by atoms with Crippen LogP contribution in [0.2, 0.25) is 0 Å². The number of epoxide rings is 1. The molecule has 0 aromatic rings. The van der Waals surface area contributed by atoms with E-state index in [2.05, 4.69) is 48.5 Å². The Hall–Kier alpha value is -0.680. The molecule has 0 aromatic heterocycles. The van der Waals surface area contributed by atoms with Gasteiger partial charge < -0.3 is 14.2 Å². The first-order valence-corrected chi connectivity index (χ1v) is 13.6. The smallest absolute Gasteiger partial charge is 0.305 e. The molecule has 6 rings (SSSR count). The van der Waals surface area contributed by atoms with Crippen molar-refractivity contribution < 1.29 is 23.4 Å². The molecule has 0 radical (unpaired) electrons. The van der Waals surface area contributed by atoms with Crippen LogP contribution in [0.15, 0.2) is 0 Å². The molecule has 4 saturated carbocycles. The quantitative estimate of drug-likeness (QED) is 0.350. The predicted molar refractivity (Wildman–Crippen MR) is 130 cm³/mol. The Morgan fingerprint density at radius 3 is 2.41 bits per heavy atom. The maximum absolute atomic E-state index is 12.2. The van der Waals surface area contributed by atoms with Crippen LogP contribution in [0.1, 0.15) is 93.4 Å². The summed E-state index contributed by atoms with van der Waals surface area (Å²) in [6.45, 7) is 18.0. The van der Waals surface area contributed by atoms with Crippen molar-refractivity contribution in [3.63, 3.8) is 0 Å². The van der Waals surface area contributed by atoms with Gasteiger partial charge in [0.2, 0.25) is 0 Å².